The first-order valence-corrected chi connectivity index (χ1v) is 6.36. The summed E-state index contributed by atoms with van der Waals surface area (Å²) >= 11 is 0. The molecule has 5 nitrogen and oxygen atoms in total. The van der Waals surface area contributed by atoms with Crippen molar-refractivity contribution in [3.8, 4) is 12.3 Å². The Kier molecular flexibility index (Phi) is 6.23. The van der Waals surface area contributed by atoms with E-state index >= 15 is 0 Å². The number of carbonyl (C=O) groups is 2. The molecule has 0 saturated carbocycles. The van der Waals surface area contributed by atoms with Gasteiger partial charge in [-0.2, -0.15) is 0 Å². The molecule has 0 aromatic rings. The van der Waals surface area contributed by atoms with Gasteiger partial charge >= 0.3 is 0 Å². The molecule has 0 aromatic carbocycles. The summed E-state index contributed by atoms with van der Waals surface area (Å²) in [6.07, 6.45) is 7.98. The van der Waals surface area contributed by atoms with Crippen LogP contribution in [0.3, 0.4) is 0 Å². The van der Waals surface area contributed by atoms with Crippen LogP contribution in [0.2, 0.25) is 0 Å². The highest BCUT2D eigenvalue weighted by Crippen LogP contribution is 2.09. The molecular weight excluding hydrogens is 230 g/mol. The predicted octanol–water partition coefficient (Wildman–Crippen LogP) is -0.274. The van der Waals surface area contributed by atoms with Gasteiger partial charge < -0.3 is 15.5 Å². The molecule has 0 spiro atoms. The number of nitrogens with zero attached hydrogens (tertiary/aromatic N) is 1. The third-order valence-corrected chi connectivity index (χ3v) is 3.07. The number of hydrogen-bond donors (Lipinski definition) is 2. The third-order valence-electron chi connectivity index (χ3n) is 3.07. The van der Waals surface area contributed by atoms with E-state index in [9.17, 15) is 9.59 Å². The number of hydrogen-bond acceptors (Lipinski definition) is 3. The van der Waals surface area contributed by atoms with Gasteiger partial charge in [0.2, 0.25) is 11.8 Å². The van der Waals surface area contributed by atoms with Crippen LogP contribution in [0.15, 0.2) is 0 Å². The average molecular weight is 251 g/mol. The van der Waals surface area contributed by atoms with E-state index in [2.05, 4.69) is 16.6 Å². The predicted molar refractivity (Wildman–Crippen MR) is 69.7 cm³/mol. The quantitative estimate of drug-likeness (QED) is 0.522. The molecule has 0 aromatic heterocycles. The Morgan fingerprint density at radius 1 is 1.50 bits per heavy atom. The smallest absolute Gasteiger partial charge is 0.243 e. The molecule has 0 radical (unpaired) electrons. The highest BCUT2D eigenvalue weighted by atomic mass is 16.2. The lowest BCUT2D eigenvalue weighted by Crippen LogP contribution is -2.59. The fourth-order valence-corrected chi connectivity index (χ4v) is 2.05. The molecule has 0 bridgehead atoms. The van der Waals surface area contributed by atoms with E-state index in [1.54, 1.807) is 11.9 Å². The molecule has 1 aliphatic rings. The van der Waals surface area contributed by atoms with Crippen LogP contribution in [0.25, 0.3) is 0 Å². The number of rotatable bonds is 5. The first-order valence-electron chi connectivity index (χ1n) is 6.36. The van der Waals surface area contributed by atoms with Crippen molar-refractivity contribution in [1.29, 1.82) is 0 Å². The Labute approximate surface area is 108 Å². The van der Waals surface area contributed by atoms with Crippen molar-refractivity contribution in [1.82, 2.24) is 15.5 Å². The van der Waals surface area contributed by atoms with E-state index in [0.29, 0.717) is 25.9 Å². The molecular formula is C13H21N3O2. The van der Waals surface area contributed by atoms with E-state index in [1.807, 2.05) is 0 Å². The van der Waals surface area contributed by atoms with Crippen molar-refractivity contribution in [3.63, 3.8) is 0 Å². The fraction of sp³-hybridized carbons (Fsp3) is 0.692. The maximum absolute atomic E-state index is 12.1. The fourth-order valence-electron chi connectivity index (χ4n) is 2.05. The minimum atomic E-state index is -0.385. The van der Waals surface area contributed by atoms with Crippen molar-refractivity contribution >= 4 is 11.8 Å². The van der Waals surface area contributed by atoms with E-state index in [1.165, 1.54) is 0 Å². The number of carbonyl (C=O) groups excluding carboxylic acids is 2. The molecule has 1 saturated heterocycles. The van der Waals surface area contributed by atoms with Gasteiger partial charge in [-0.05, 0) is 12.8 Å². The molecule has 1 heterocycles. The van der Waals surface area contributed by atoms with Gasteiger partial charge in [-0.15, -0.1) is 12.3 Å². The third kappa shape index (κ3) is 4.04. The van der Waals surface area contributed by atoms with Crippen LogP contribution in [0, 0.1) is 12.3 Å². The molecule has 0 aliphatic carbocycles. The molecule has 5 heteroatoms. The van der Waals surface area contributed by atoms with Gasteiger partial charge in [-0.1, -0.05) is 0 Å². The van der Waals surface area contributed by atoms with Gasteiger partial charge in [0.25, 0.3) is 0 Å². The summed E-state index contributed by atoms with van der Waals surface area (Å²) in [6, 6.07) is -0.385. The van der Waals surface area contributed by atoms with Crippen molar-refractivity contribution in [2.45, 2.75) is 31.7 Å². The lowest BCUT2D eigenvalue weighted by atomic mass is 10.1. The second-order valence-corrected chi connectivity index (χ2v) is 4.33. The van der Waals surface area contributed by atoms with Crippen molar-refractivity contribution in [3.05, 3.63) is 0 Å². The van der Waals surface area contributed by atoms with E-state index in [4.69, 9.17) is 6.42 Å². The summed E-state index contributed by atoms with van der Waals surface area (Å²) < 4.78 is 0. The van der Waals surface area contributed by atoms with Gasteiger partial charge in [0.05, 0.1) is 0 Å². The van der Waals surface area contributed by atoms with Gasteiger partial charge in [0, 0.05) is 39.5 Å². The minimum absolute atomic E-state index is 0.0436. The zero-order valence-electron chi connectivity index (χ0n) is 10.9. The van der Waals surface area contributed by atoms with Crippen LogP contribution in [-0.2, 0) is 9.59 Å². The standard InChI is InChI=1S/C13H21N3O2/c1-3-4-5-6-7-12(17)16-9-8-15-10-11(16)13(18)14-2/h1,11,15H,4-10H2,2H3,(H,14,18). The molecule has 2 N–H and O–H groups in total. The highest BCUT2D eigenvalue weighted by molar-refractivity contribution is 5.88. The van der Waals surface area contributed by atoms with Gasteiger partial charge in [0.1, 0.15) is 6.04 Å². The molecule has 1 aliphatic heterocycles. The Morgan fingerprint density at radius 3 is 2.94 bits per heavy atom. The summed E-state index contributed by atoms with van der Waals surface area (Å²) in [5.74, 6) is 2.49. The zero-order valence-corrected chi connectivity index (χ0v) is 10.9. The van der Waals surface area contributed by atoms with Crippen LogP contribution >= 0.6 is 0 Å². The number of amides is 2. The lowest BCUT2D eigenvalue weighted by molar-refractivity contribution is -0.141. The largest absolute Gasteiger partial charge is 0.357 e. The van der Waals surface area contributed by atoms with Gasteiger partial charge in [-0.25, -0.2) is 0 Å². The Morgan fingerprint density at radius 2 is 2.28 bits per heavy atom. The monoisotopic (exact) mass is 251 g/mol. The Hall–Kier alpha value is -1.54. The highest BCUT2D eigenvalue weighted by Gasteiger charge is 2.30. The summed E-state index contributed by atoms with van der Waals surface area (Å²) in [7, 11) is 1.59. The van der Waals surface area contributed by atoms with Gasteiger partial charge in [-0.3, -0.25) is 9.59 Å². The lowest BCUT2D eigenvalue weighted by Gasteiger charge is -2.35. The second kappa shape index (κ2) is 7.72. The second-order valence-electron chi connectivity index (χ2n) is 4.33. The number of likely N-dealkylation sites (N-methyl/N-ethyl adjacent to an activating group) is 1. The minimum Gasteiger partial charge on any atom is -0.357 e. The number of nitrogens with one attached hydrogen (secondary N) is 2. The molecule has 2 amide bonds. The molecule has 1 fully saturated rings. The van der Waals surface area contributed by atoms with E-state index in [-0.39, 0.29) is 17.9 Å². The number of terminal acetylenes is 1. The van der Waals surface area contributed by atoms with Crippen LogP contribution in [0.1, 0.15) is 25.7 Å². The van der Waals surface area contributed by atoms with E-state index in [0.717, 1.165) is 19.4 Å². The van der Waals surface area contributed by atoms with Crippen molar-refractivity contribution in [2.75, 3.05) is 26.7 Å². The maximum atomic E-state index is 12.1. The number of piperazine rings is 1. The Balaban J connectivity index is 2.47. The molecule has 1 unspecified atom stereocenters. The summed E-state index contributed by atoms with van der Waals surface area (Å²) in [6.45, 7) is 1.85. The van der Waals surface area contributed by atoms with Crippen molar-refractivity contribution in [2.24, 2.45) is 0 Å². The zero-order chi connectivity index (χ0) is 13.4. The first kappa shape index (κ1) is 14.5. The van der Waals surface area contributed by atoms with Gasteiger partial charge in [0.15, 0.2) is 0 Å². The SMILES string of the molecule is C#CCCCCC(=O)N1CCNCC1C(=O)NC. The van der Waals surface area contributed by atoms with Crippen LogP contribution < -0.4 is 10.6 Å². The normalized spacial score (nSPS) is 19.1. The summed E-state index contributed by atoms with van der Waals surface area (Å²) in [4.78, 5) is 25.4. The van der Waals surface area contributed by atoms with Crippen LogP contribution in [0.5, 0.6) is 0 Å². The number of unbranched alkanes of at least 4 members (excludes halogenated alkanes) is 2. The first-order chi connectivity index (χ1) is 8.70. The molecule has 18 heavy (non-hydrogen) atoms. The maximum Gasteiger partial charge on any atom is 0.243 e. The molecule has 1 rings (SSSR count). The van der Waals surface area contributed by atoms with Crippen LogP contribution in [0.4, 0.5) is 0 Å². The molecule has 100 valence electrons. The van der Waals surface area contributed by atoms with E-state index < -0.39 is 0 Å². The van der Waals surface area contributed by atoms with Crippen LogP contribution in [-0.4, -0.2) is 49.4 Å². The summed E-state index contributed by atoms with van der Waals surface area (Å²) in [5, 5.41) is 5.73. The van der Waals surface area contributed by atoms with Crippen molar-refractivity contribution < 1.29 is 9.59 Å². The Bertz CT molecular complexity index is 336. The average Bonchev–Trinajstić information content (AvgIpc) is 2.42. The molecule has 1 atom stereocenters. The topological polar surface area (TPSA) is 61.4 Å². The summed E-state index contributed by atoms with van der Waals surface area (Å²) in [5.41, 5.74) is 0.